The number of hydrogen-bond acceptors (Lipinski definition) is 5. The van der Waals surface area contributed by atoms with Crippen molar-refractivity contribution in [3.63, 3.8) is 0 Å². The van der Waals surface area contributed by atoms with Gasteiger partial charge in [0.1, 0.15) is 5.82 Å². The molecule has 3 aromatic heterocycles. The van der Waals surface area contributed by atoms with Crippen LogP contribution < -0.4 is 0 Å². The van der Waals surface area contributed by atoms with Crippen LogP contribution in [0, 0.1) is 0 Å². The SMILES string of the molecule is Cn1ccnc1CCN1CCC(c2nnc3ccc(C4CC4)nn23)CC1. The van der Waals surface area contributed by atoms with Gasteiger partial charge in [-0.3, -0.25) is 0 Å². The van der Waals surface area contributed by atoms with Crippen molar-refractivity contribution in [2.24, 2.45) is 7.05 Å². The minimum Gasteiger partial charge on any atom is -0.338 e. The standard InChI is InChI=1S/C19H25N7/c1-24-13-9-20-17(24)8-12-25-10-6-15(7-11-25)19-22-21-18-5-4-16(14-2-3-14)23-26(18)19/h4-5,9,13-15H,2-3,6-8,10-12H2,1H3. The fourth-order valence-electron chi connectivity index (χ4n) is 3.98. The number of imidazole rings is 1. The smallest absolute Gasteiger partial charge is 0.177 e. The molecule has 0 atom stereocenters. The van der Waals surface area contributed by atoms with Crippen LogP contribution in [0.5, 0.6) is 0 Å². The summed E-state index contributed by atoms with van der Waals surface area (Å²) < 4.78 is 4.11. The van der Waals surface area contributed by atoms with Gasteiger partial charge in [0.25, 0.3) is 0 Å². The number of aryl methyl sites for hydroxylation is 1. The Labute approximate surface area is 153 Å². The predicted molar refractivity (Wildman–Crippen MR) is 98.1 cm³/mol. The summed E-state index contributed by atoms with van der Waals surface area (Å²) in [6.45, 7) is 3.28. The van der Waals surface area contributed by atoms with E-state index in [1.165, 1.54) is 18.5 Å². The molecule has 0 bridgehead atoms. The Morgan fingerprint density at radius 1 is 1.04 bits per heavy atom. The molecule has 136 valence electrons. The summed E-state index contributed by atoms with van der Waals surface area (Å²) in [5.41, 5.74) is 2.08. The molecule has 7 nitrogen and oxygen atoms in total. The van der Waals surface area contributed by atoms with Gasteiger partial charge in [-0.1, -0.05) is 0 Å². The van der Waals surface area contributed by atoms with E-state index in [9.17, 15) is 0 Å². The fraction of sp³-hybridized carbons (Fsp3) is 0.579. The first kappa shape index (κ1) is 15.9. The van der Waals surface area contributed by atoms with Crippen molar-refractivity contribution in [2.45, 2.75) is 43.9 Å². The molecule has 0 unspecified atom stereocenters. The van der Waals surface area contributed by atoms with E-state index in [1.807, 2.05) is 16.9 Å². The number of fused-ring (bicyclic) bond motifs is 1. The first-order valence-electron chi connectivity index (χ1n) is 9.69. The lowest BCUT2D eigenvalue weighted by Gasteiger charge is -2.30. The maximum absolute atomic E-state index is 4.84. The van der Waals surface area contributed by atoms with Crippen molar-refractivity contribution in [1.82, 2.24) is 34.3 Å². The Hall–Kier alpha value is -2.28. The maximum Gasteiger partial charge on any atom is 0.177 e. The summed E-state index contributed by atoms with van der Waals surface area (Å²) in [5, 5.41) is 13.7. The molecule has 5 rings (SSSR count). The van der Waals surface area contributed by atoms with E-state index >= 15 is 0 Å². The van der Waals surface area contributed by atoms with Crippen LogP contribution in [-0.2, 0) is 13.5 Å². The van der Waals surface area contributed by atoms with Gasteiger partial charge in [-0.05, 0) is 50.9 Å². The van der Waals surface area contributed by atoms with Crippen LogP contribution in [-0.4, -0.2) is 53.9 Å². The predicted octanol–water partition coefficient (Wildman–Crippen LogP) is 2.16. The molecule has 0 N–H and O–H groups in total. The van der Waals surface area contributed by atoms with Crippen LogP contribution in [0.15, 0.2) is 24.5 Å². The summed E-state index contributed by atoms with van der Waals surface area (Å²) in [6.07, 6.45) is 9.68. The molecule has 0 amide bonds. The minimum absolute atomic E-state index is 0.455. The Balaban J connectivity index is 1.24. The summed E-state index contributed by atoms with van der Waals surface area (Å²) >= 11 is 0. The lowest BCUT2D eigenvalue weighted by molar-refractivity contribution is 0.209. The molecule has 0 aromatic carbocycles. The monoisotopic (exact) mass is 351 g/mol. The first-order valence-corrected chi connectivity index (χ1v) is 9.69. The highest BCUT2D eigenvalue weighted by atomic mass is 15.4. The highest BCUT2D eigenvalue weighted by Crippen LogP contribution is 2.39. The number of hydrogen-bond donors (Lipinski definition) is 0. The molecule has 1 saturated heterocycles. The lowest BCUT2D eigenvalue weighted by Crippen LogP contribution is -2.35. The molecule has 0 spiro atoms. The normalized spacial score (nSPS) is 19.4. The molecule has 0 radical (unpaired) electrons. The minimum atomic E-state index is 0.455. The van der Waals surface area contributed by atoms with Crippen molar-refractivity contribution in [3.05, 3.63) is 41.9 Å². The van der Waals surface area contributed by atoms with Gasteiger partial charge < -0.3 is 9.47 Å². The third kappa shape index (κ3) is 3.00. The zero-order chi connectivity index (χ0) is 17.5. The van der Waals surface area contributed by atoms with E-state index in [1.54, 1.807) is 0 Å². The third-order valence-corrected chi connectivity index (χ3v) is 5.83. The average Bonchev–Trinajstić information content (AvgIpc) is 3.31. The van der Waals surface area contributed by atoms with Crippen molar-refractivity contribution in [3.8, 4) is 0 Å². The van der Waals surface area contributed by atoms with Crippen LogP contribution in [0.1, 0.15) is 54.9 Å². The largest absolute Gasteiger partial charge is 0.338 e. The molecule has 4 heterocycles. The van der Waals surface area contributed by atoms with Gasteiger partial charge in [-0.2, -0.15) is 9.61 Å². The molecule has 3 aromatic rings. The highest BCUT2D eigenvalue weighted by molar-refractivity contribution is 5.38. The summed E-state index contributed by atoms with van der Waals surface area (Å²) in [6, 6.07) is 4.19. The molecule has 1 aliphatic heterocycles. The van der Waals surface area contributed by atoms with Crippen LogP contribution in [0.25, 0.3) is 5.65 Å². The second kappa shape index (κ2) is 6.46. The van der Waals surface area contributed by atoms with E-state index < -0.39 is 0 Å². The maximum atomic E-state index is 4.84. The van der Waals surface area contributed by atoms with Crippen LogP contribution in [0.4, 0.5) is 0 Å². The van der Waals surface area contributed by atoms with Gasteiger partial charge in [0.05, 0.1) is 5.69 Å². The Bertz CT molecular complexity index is 900. The van der Waals surface area contributed by atoms with Gasteiger partial charge in [0.15, 0.2) is 11.5 Å². The first-order chi connectivity index (χ1) is 12.8. The molecular formula is C19H25N7. The average molecular weight is 351 g/mol. The summed E-state index contributed by atoms with van der Waals surface area (Å²) in [7, 11) is 2.06. The Morgan fingerprint density at radius 3 is 2.62 bits per heavy atom. The van der Waals surface area contributed by atoms with E-state index in [0.717, 1.165) is 56.2 Å². The summed E-state index contributed by atoms with van der Waals surface area (Å²) in [5.74, 6) is 3.32. The molecule has 2 aliphatic rings. The van der Waals surface area contributed by atoms with E-state index in [4.69, 9.17) is 5.10 Å². The molecule has 1 aliphatic carbocycles. The van der Waals surface area contributed by atoms with Crippen LogP contribution >= 0.6 is 0 Å². The van der Waals surface area contributed by atoms with Crippen LogP contribution in [0.2, 0.25) is 0 Å². The van der Waals surface area contributed by atoms with Crippen molar-refractivity contribution in [2.75, 3.05) is 19.6 Å². The zero-order valence-electron chi connectivity index (χ0n) is 15.3. The van der Waals surface area contributed by atoms with Gasteiger partial charge in [0, 0.05) is 44.2 Å². The van der Waals surface area contributed by atoms with Gasteiger partial charge in [-0.25, -0.2) is 4.98 Å². The number of aromatic nitrogens is 6. The fourth-order valence-corrected chi connectivity index (χ4v) is 3.98. The van der Waals surface area contributed by atoms with Gasteiger partial charge in [-0.15, -0.1) is 10.2 Å². The van der Waals surface area contributed by atoms with E-state index in [2.05, 4.69) is 43.8 Å². The number of piperidine rings is 1. The number of rotatable bonds is 5. The Kier molecular flexibility index (Phi) is 3.96. The van der Waals surface area contributed by atoms with Crippen molar-refractivity contribution in [1.29, 1.82) is 0 Å². The molecule has 1 saturated carbocycles. The number of likely N-dealkylation sites (tertiary alicyclic amines) is 1. The molecular weight excluding hydrogens is 326 g/mol. The van der Waals surface area contributed by atoms with Crippen molar-refractivity contribution < 1.29 is 0 Å². The van der Waals surface area contributed by atoms with Gasteiger partial charge in [0.2, 0.25) is 0 Å². The molecule has 26 heavy (non-hydrogen) atoms. The molecule has 7 heteroatoms. The highest BCUT2D eigenvalue weighted by Gasteiger charge is 2.28. The Morgan fingerprint density at radius 2 is 1.88 bits per heavy atom. The van der Waals surface area contributed by atoms with E-state index in [-0.39, 0.29) is 0 Å². The quantitative estimate of drug-likeness (QED) is 0.705. The van der Waals surface area contributed by atoms with Crippen LogP contribution in [0.3, 0.4) is 0 Å². The summed E-state index contributed by atoms with van der Waals surface area (Å²) in [4.78, 5) is 6.96. The topological polar surface area (TPSA) is 64.1 Å². The second-order valence-electron chi connectivity index (χ2n) is 7.68. The number of nitrogens with zero attached hydrogens (tertiary/aromatic N) is 7. The van der Waals surface area contributed by atoms with Crippen molar-refractivity contribution >= 4 is 5.65 Å². The van der Waals surface area contributed by atoms with E-state index in [0.29, 0.717) is 11.8 Å². The molecule has 2 fully saturated rings. The second-order valence-corrected chi connectivity index (χ2v) is 7.68. The zero-order valence-corrected chi connectivity index (χ0v) is 15.3. The lowest BCUT2D eigenvalue weighted by atomic mass is 9.96. The third-order valence-electron chi connectivity index (χ3n) is 5.83. The van der Waals surface area contributed by atoms with Gasteiger partial charge >= 0.3 is 0 Å².